The van der Waals surface area contributed by atoms with Crippen LogP contribution in [0.3, 0.4) is 0 Å². The second-order valence-electron chi connectivity index (χ2n) is 3.64. The van der Waals surface area contributed by atoms with E-state index in [1.807, 2.05) is 13.8 Å². The van der Waals surface area contributed by atoms with Crippen molar-refractivity contribution in [2.45, 2.75) is 24.8 Å². The van der Waals surface area contributed by atoms with Gasteiger partial charge in [-0.1, -0.05) is 0 Å². The Kier molecular flexibility index (Phi) is 4.45. The maximum absolute atomic E-state index is 12.2. The minimum atomic E-state index is -3.47. The van der Waals surface area contributed by atoms with Crippen LogP contribution in [0.15, 0.2) is 17.3 Å². The number of hydrogen-bond acceptors (Lipinski definition) is 4. The highest BCUT2D eigenvalue weighted by Gasteiger charge is 2.27. The Morgan fingerprint density at radius 3 is 2.69 bits per heavy atom. The molecule has 0 aliphatic heterocycles. The van der Waals surface area contributed by atoms with Gasteiger partial charge < -0.3 is 4.74 Å². The number of ether oxygens (including phenoxy) is 1. The average Bonchev–Trinajstić information content (AvgIpc) is 2.70. The second-order valence-corrected chi connectivity index (χ2v) is 5.53. The molecule has 1 N–H and O–H groups in total. The molecule has 0 unspecified atom stereocenters. The zero-order chi connectivity index (χ0) is 12.2. The molecule has 0 bridgehead atoms. The van der Waals surface area contributed by atoms with Gasteiger partial charge in [0.2, 0.25) is 10.0 Å². The van der Waals surface area contributed by atoms with Crippen LogP contribution in [0.1, 0.15) is 13.8 Å². The topological polar surface area (TPSA) is 75.3 Å². The maximum Gasteiger partial charge on any atom is 0.246 e. The molecular weight excluding hydrogens is 230 g/mol. The number of nitrogens with one attached hydrogen (secondary N) is 1. The van der Waals surface area contributed by atoms with Crippen LogP contribution in [0.4, 0.5) is 0 Å². The van der Waals surface area contributed by atoms with E-state index in [0.717, 1.165) is 0 Å². The lowest BCUT2D eigenvalue weighted by atomic mass is 10.4. The van der Waals surface area contributed by atoms with Gasteiger partial charge in [0.1, 0.15) is 4.90 Å². The summed E-state index contributed by atoms with van der Waals surface area (Å²) >= 11 is 0. The van der Waals surface area contributed by atoms with Crippen molar-refractivity contribution in [1.29, 1.82) is 0 Å². The molecule has 1 rings (SSSR count). The molecule has 16 heavy (non-hydrogen) atoms. The van der Waals surface area contributed by atoms with Crippen molar-refractivity contribution in [3.05, 3.63) is 12.4 Å². The van der Waals surface area contributed by atoms with Crippen molar-refractivity contribution in [2.75, 3.05) is 20.3 Å². The van der Waals surface area contributed by atoms with E-state index >= 15 is 0 Å². The molecule has 1 heterocycles. The second kappa shape index (κ2) is 5.42. The first-order valence-corrected chi connectivity index (χ1v) is 6.43. The van der Waals surface area contributed by atoms with Gasteiger partial charge in [0.15, 0.2) is 0 Å². The van der Waals surface area contributed by atoms with Gasteiger partial charge in [0.05, 0.1) is 12.8 Å². The Balaban J connectivity index is 2.94. The summed E-state index contributed by atoms with van der Waals surface area (Å²) in [5, 5.41) is 6.15. The van der Waals surface area contributed by atoms with Crippen LogP contribution in [0, 0.1) is 0 Å². The Morgan fingerprint density at radius 2 is 2.25 bits per heavy atom. The van der Waals surface area contributed by atoms with Gasteiger partial charge in [-0.2, -0.15) is 9.40 Å². The van der Waals surface area contributed by atoms with E-state index in [1.165, 1.54) is 16.7 Å². The van der Waals surface area contributed by atoms with E-state index in [0.29, 0.717) is 13.2 Å². The summed E-state index contributed by atoms with van der Waals surface area (Å²) in [6, 6.07) is -0.116. The number of aromatic amines is 1. The molecule has 1 aromatic rings. The number of H-pyrrole nitrogens is 1. The van der Waals surface area contributed by atoms with Crippen LogP contribution in [-0.2, 0) is 14.8 Å². The third-order valence-electron chi connectivity index (χ3n) is 2.17. The maximum atomic E-state index is 12.2. The fourth-order valence-corrected chi connectivity index (χ4v) is 2.88. The predicted octanol–water partition coefficient (Wildman–Crippen LogP) is 0.455. The molecule has 0 aliphatic carbocycles. The van der Waals surface area contributed by atoms with E-state index in [1.54, 1.807) is 7.11 Å². The van der Waals surface area contributed by atoms with Crippen molar-refractivity contribution in [1.82, 2.24) is 14.5 Å². The van der Waals surface area contributed by atoms with Gasteiger partial charge in [-0.05, 0) is 13.8 Å². The molecule has 0 saturated heterocycles. The summed E-state index contributed by atoms with van der Waals surface area (Å²) in [7, 11) is -1.93. The van der Waals surface area contributed by atoms with Crippen molar-refractivity contribution in [3.63, 3.8) is 0 Å². The molecule has 0 saturated carbocycles. The molecule has 0 spiro atoms. The first-order valence-electron chi connectivity index (χ1n) is 4.99. The van der Waals surface area contributed by atoms with Crippen LogP contribution < -0.4 is 0 Å². The van der Waals surface area contributed by atoms with Gasteiger partial charge in [0, 0.05) is 25.9 Å². The molecule has 1 aromatic heterocycles. The third-order valence-corrected chi connectivity index (χ3v) is 4.21. The number of rotatable bonds is 6. The number of methoxy groups -OCH3 is 1. The Morgan fingerprint density at radius 1 is 1.56 bits per heavy atom. The lowest BCUT2D eigenvalue weighted by molar-refractivity contribution is 0.171. The molecule has 0 atom stereocenters. The number of nitrogens with zero attached hydrogens (tertiary/aromatic N) is 2. The molecule has 92 valence electrons. The average molecular weight is 247 g/mol. The van der Waals surface area contributed by atoms with E-state index in [2.05, 4.69) is 10.2 Å². The summed E-state index contributed by atoms with van der Waals surface area (Å²) in [6.07, 6.45) is 2.68. The van der Waals surface area contributed by atoms with Crippen LogP contribution >= 0.6 is 0 Å². The van der Waals surface area contributed by atoms with Gasteiger partial charge in [-0.3, -0.25) is 5.10 Å². The molecule has 0 fully saturated rings. The standard InChI is InChI=1S/C9H17N3O3S/c1-8(2)12(4-5-15-3)16(13,14)9-6-10-11-7-9/h6-8H,4-5H2,1-3H3,(H,10,11). The summed E-state index contributed by atoms with van der Waals surface area (Å²) < 4.78 is 30.6. The zero-order valence-electron chi connectivity index (χ0n) is 9.67. The highest BCUT2D eigenvalue weighted by molar-refractivity contribution is 7.89. The van der Waals surface area contributed by atoms with E-state index in [9.17, 15) is 8.42 Å². The minimum absolute atomic E-state index is 0.116. The van der Waals surface area contributed by atoms with Crippen molar-refractivity contribution in [2.24, 2.45) is 0 Å². The molecule has 6 nitrogen and oxygen atoms in total. The highest BCUT2D eigenvalue weighted by Crippen LogP contribution is 2.16. The molecule has 7 heteroatoms. The quantitative estimate of drug-likeness (QED) is 0.792. The first-order chi connectivity index (χ1) is 7.50. The largest absolute Gasteiger partial charge is 0.383 e. The van der Waals surface area contributed by atoms with E-state index in [4.69, 9.17) is 4.74 Å². The molecule has 0 aliphatic rings. The molecule has 0 amide bonds. The third kappa shape index (κ3) is 2.81. The van der Waals surface area contributed by atoms with Crippen LogP contribution in [-0.4, -0.2) is 49.2 Å². The summed E-state index contributed by atoms with van der Waals surface area (Å²) in [5.41, 5.74) is 0. The number of hydrogen-bond donors (Lipinski definition) is 1. The first kappa shape index (κ1) is 13.1. The normalized spacial score (nSPS) is 12.6. The summed E-state index contributed by atoms with van der Waals surface area (Å²) in [6.45, 7) is 4.36. The predicted molar refractivity (Wildman–Crippen MR) is 59.5 cm³/mol. The smallest absolute Gasteiger partial charge is 0.246 e. The minimum Gasteiger partial charge on any atom is -0.383 e. The van der Waals surface area contributed by atoms with Crippen molar-refractivity contribution in [3.8, 4) is 0 Å². The fourth-order valence-electron chi connectivity index (χ4n) is 1.35. The molecule has 0 aromatic carbocycles. The van der Waals surface area contributed by atoms with E-state index in [-0.39, 0.29) is 10.9 Å². The molecule has 0 radical (unpaired) electrons. The lowest BCUT2D eigenvalue weighted by Gasteiger charge is -2.24. The van der Waals surface area contributed by atoms with Crippen LogP contribution in [0.25, 0.3) is 0 Å². The number of sulfonamides is 1. The summed E-state index contributed by atoms with van der Waals surface area (Å²) in [5.74, 6) is 0. The molecular formula is C9H17N3O3S. The van der Waals surface area contributed by atoms with Gasteiger partial charge in [-0.25, -0.2) is 8.42 Å². The SMILES string of the molecule is COCCN(C(C)C)S(=O)(=O)c1cn[nH]c1. The lowest BCUT2D eigenvalue weighted by Crippen LogP contribution is -2.39. The monoisotopic (exact) mass is 247 g/mol. The number of aromatic nitrogens is 2. The van der Waals surface area contributed by atoms with Gasteiger partial charge in [0.25, 0.3) is 0 Å². The summed E-state index contributed by atoms with van der Waals surface area (Å²) in [4.78, 5) is 0.178. The fraction of sp³-hybridized carbons (Fsp3) is 0.667. The Hall–Kier alpha value is -0.920. The highest BCUT2D eigenvalue weighted by atomic mass is 32.2. The van der Waals surface area contributed by atoms with Gasteiger partial charge in [-0.15, -0.1) is 0 Å². The van der Waals surface area contributed by atoms with Crippen LogP contribution in [0.5, 0.6) is 0 Å². The Labute approximate surface area is 95.7 Å². The van der Waals surface area contributed by atoms with Crippen molar-refractivity contribution >= 4 is 10.0 Å². The van der Waals surface area contributed by atoms with Crippen molar-refractivity contribution < 1.29 is 13.2 Å². The Bertz CT molecular complexity index is 400. The van der Waals surface area contributed by atoms with Gasteiger partial charge >= 0.3 is 0 Å². The van der Waals surface area contributed by atoms with E-state index < -0.39 is 10.0 Å². The zero-order valence-corrected chi connectivity index (χ0v) is 10.5. The van der Waals surface area contributed by atoms with Crippen LogP contribution in [0.2, 0.25) is 0 Å².